The molecule has 0 radical (unpaired) electrons. The van der Waals surface area contributed by atoms with Crippen molar-refractivity contribution in [2.75, 3.05) is 20.5 Å². The molecule has 0 spiro atoms. The van der Waals surface area contributed by atoms with Crippen LogP contribution in [0.4, 0.5) is 0 Å². The van der Waals surface area contributed by atoms with Gasteiger partial charge in [-0.15, -0.1) is 0 Å². The highest BCUT2D eigenvalue weighted by atomic mass is 32.2. The van der Waals surface area contributed by atoms with E-state index in [0.29, 0.717) is 0 Å². The highest BCUT2D eigenvalue weighted by Gasteiger charge is 2.18. The number of aliphatic hydroxyl groups excluding tert-OH is 1. The van der Waals surface area contributed by atoms with E-state index < -0.39 is 34.3 Å². The van der Waals surface area contributed by atoms with Gasteiger partial charge < -0.3 is 14.6 Å². The summed E-state index contributed by atoms with van der Waals surface area (Å²) in [5.74, 6) is -1.31. The van der Waals surface area contributed by atoms with Crippen molar-refractivity contribution in [3.63, 3.8) is 0 Å². The molecule has 0 saturated heterocycles. The molecule has 1 N–H and O–H groups in total. The maximum Gasteiger partial charge on any atom is 0.336 e. The average Bonchev–Trinajstić information content (AvgIpc) is 2.25. The molecule has 2 atom stereocenters. The van der Waals surface area contributed by atoms with Crippen molar-refractivity contribution in [3.05, 3.63) is 0 Å². The lowest BCUT2D eigenvalue weighted by Gasteiger charge is -2.07. The van der Waals surface area contributed by atoms with Crippen molar-refractivity contribution in [2.24, 2.45) is 0 Å². The van der Waals surface area contributed by atoms with Crippen LogP contribution in [0.15, 0.2) is 0 Å². The standard InChI is InChI=1S/C5H10O5S.C4H8O3/c1-4(5(6)9-2)10-11(3,7)8;1-3(5)4(6)7-2/h4H,1-3H3;3,5H,1-2H3/t;3-/m.1/s1. The van der Waals surface area contributed by atoms with E-state index in [0.717, 1.165) is 13.4 Å². The third-order valence-corrected chi connectivity index (χ3v) is 2.03. The largest absolute Gasteiger partial charge is 0.467 e. The molecule has 0 aliphatic carbocycles. The second kappa shape index (κ2) is 8.84. The molecule has 0 aromatic carbocycles. The zero-order valence-electron chi connectivity index (χ0n) is 10.9. The minimum Gasteiger partial charge on any atom is -0.467 e. The van der Waals surface area contributed by atoms with E-state index in [2.05, 4.69) is 13.7 Å². The predicted molar refractivity (Wildman–Crippen MR) is 61.1 cm³/mol. The molecule has 0 fully saturated rings. The van der Waals surface area contributed by atoms with Crippen LogP contribution in [0.25, 0.3) is 0 Å². The summed E-state index contributed by atoms with van der Waals surface area (Å²) < 4.78 is 33.5. The van der Waals surface area contributed by atoms with Crippen molar-refractivity contribution in [1.82, 2.24) is 0 Å². The van der Waals surface area contributed by atoms with Crippen LogP contribution in [0.5, 0.6) is 0 Å². The normalized spacial score (nSPS) is 13.7. The lowest BCUT2D eigenvalue weighted by Crippen LogP contribution is -2.24. The fraction of sp³-hybridized carbons (Fsp3) is 0.778. The Balaban J connectivity index is 0. The van der Waals surface area contributed by atoms with Crippen molar-refractivity contribution in [1.29, 1.82) is 0 Å². The van der Waals surface area contributed by atoms with Gasteiger partial charge in [0, 0.05) is 0 Å². The predicted octanol–water partition coefficient (Wildman–Crippen LogP) is -0.936. The Bertz CT molecular complexity index is 359. The fourth-order valence-electron chi connectivity index (χ4n) is 0.638. The minimum atomic E-state index is -3.58. The van der Waals surface area contributed by atoms with E-state index in [9.17, 15) is 18.0 Å². The molecule has 18 heavy (non-hydrogen) atoms. The first-order valence-electron chi connectivity index (χ1n) is 4.77. The van der Waals surface area contributed by atoms with Crippen molar-refractivity contribution in [3.8, 4) is 0 Å². The lowest BCUT2D eigenvalue weighted by molar-refractivity contribution is -0.149. The van der Waals surface area contributed by atoms with Crippen LogP contribution in [-0.2, 0) is 33.4 Å². The van der Waals surface area contributed by atoms with Gasteiger partial charge in [0.2, 0.25) is 0 Å². The van der Waals surface area contributed by atoms with Crippen molar-refractivity contribution in [2.45, 2.75) is 26.1 Å². The first kappa shape index (κ1) is 19.2. The highest BCUT2D eigenvalue weighted by Crippen LogP contribution is 1.98. The Kier molecular flexibility index (Phi) is 9.40. The van der Waals surface area contributed by atoms with E-state index in [1.165, 1.54) is 21.0 Å². The van der Waals surface area contributed by atoms with Crippen LogP contribution < -0.4 is 0 Å². The molecule has 0 amide bonds. The average molecular weight is 286 g/mol. The van der Waals surface area contributed by atoms with Crippen LogP contribution in [-0.4, -0.2) is 58.1 Å². The number of rotatable bonds is 4. The number of ether oxygens (including phenoxy) is 2. The number of methoxy groups -OCH3 is 2. The number of hydrogen-bond acceptors (Lipinski definition) is 8. The molecule has 0 bridgehead atoms. The Hall–Kier alpha value is -1.19. The van der Waals surface area contributed by atoms with Gasteiger partial charge in [0.15, 0.2) is 6.10 Å². The van der Waals surface area contributed by atoms with Gasteiger partial charge in [0.05, 0.1) is 20.5 Å². The molecule has 9 heteroatoms. The molecule has 8 nitrogen and oxygen atoms in total. The zero-order chi connectivity index (χ0) is 14.9. The van der Waals surface area contributed by atoms with E-state index >= 15 is 0 Å². The molecule has 0 saturated carbocycles. The van der Waals surface area contributed by atoms with Gasteiger partial charge >= 0.3 is 11.9 Å². The van der Waals surface area contributed by atoms with Crippen molar-refractivity contribution >= 4 is 22.1 Å². The maximum absolute atomic E-state index is 10.6. The summed E-state index contributed by atoms with van der Waals surface area (Å²) in [6, 6.07) is 0. The van der Waals surface area contributed by atoms with Gasteiger partial charge in [-0.05, 0) is 13.8 Å². The summed E-state index contributed by atoms with van der Waals surface area (Å²) in [6.07, 6.45) is -1.20. The summed E-state index contributed by atoms with van der Waals surface area (Å²) >= 11 is 0. The molecule has 0 heterocycles. The summed E-state index contributed by atoms with van der Waals surface area (Å²) in [7, 11) is -1.19. The second-order valence-electron chi connectivity index (χ2n) is 3.16. The number of carbonyl (C=O) groups excluding carboxylic acids is 2. The topological polar surface area (TPSA) is 116 Å². The molecule has 1 unspecified atom stereocenters. The van der Waals surface area contributed by atoms with Crippen LogP contribution in [0.3, 0.4) is 0 Å². The van der Waals surface area contributed by atoms with Gasteiger partial charge in [0.25, 0.3) is 10.1 Å². The zero-order valence-corrected chi connectivity index (χ0v) is 11.7. The van der Waals surface area contributed by atoms with E-state index in [1.54, 1.807) is 0 Å². The third-order valence-electron chi connectivity index (χ3n) is 1.39. The van der Waals surface area contributed by atoms with Crippen LogP contribution in [0.2, 0.25) is 0 Å². The quantitative estimate of drug-likeness (QED) is 0.520. The molecule has 0 aromatic heterocycles. The Morgan fingerprint density at radius 3 is 1.61 bits per heavy atom. The Morgan fingerprint density at radius 1 is 1.06 bits per heavy atom. The number of carbonyl (C=O) groups is 2. The Morgan fingerprint density at radius 2 is 1.44 bits per heavy atom. The number of hydrogen-bond donors (Lipinski definition) is 1. The van der Waals surface area contributed by atoms with Gasteiger partial charge in [-0.25, -0.2) is 9.59 Å². The first-order chi connectivity index (χ1) is 8.05. The molecule has 0 aliphatic rings. The van der Waals surface area contributed by atoms with E-state index in [-0.39, 0.29) is 0 Å². The third kappa shape index (κ3) is 11.3. The highest BCUT2D eigenvalue weighted by molar-refractivity contribution is 7.86. The minimum absolute atomic E-state index is 0.597. The van der Waals surface area contributed by atoms with Crippen LogP contribution in [0.1, 0.15) is 13.8 Å². The van der Waals surface area contributed by atoms with Gasteiger partial charge in [-0.3, -0.25) is 4.18 Å². The summed E-state index contributed by atoms with van der Waals surface area (Å²) in [5.41, 5.74) is 0. The smallest absolute Gasteiger partial charge is 0.336 e. The van der Waals surface area contributed by atoms with Gasteiger partial charge in [0.1, 0.15) is 6.10 Å². The summed E-state index contributed by atoms with van der Waals surface area (Å²) in [5, 5.41) is 8.35. The molecule has 108 valence electrons. The summed E-state index contributed by atoms with van der Waals surface area (Å²) in [6.45, 7) is 2.65. The molecular weight excluding hydrogens is 268 g/mol. The van der Waals surface area contributed by atoms with Crippen LogP contribution in [0, 0.1) is 0 Å². The fourth-order valence-corrected chi connectivity index (χ4v) is 1.24. The monoisotopic (exact) mass is 286 g/mol. The molecule has 0 rings (SSSR count). The molecule has 0 aliphatic heterocycles. The molecule has 0 aromatic rings. The molecular formula is C9H18O8S. The SMILES string of the molecule is COC(=O)C(C)OS(C)(=O)=O.COC(=O)[C@@H](C)O. The van der Waals surface area contributed by atoms with Crippen LogP contribution >= 0.6 is 0 Å². The number of aliphatic hydroxyl groups is 1. The van der Waals surface area contributed by atoms with E-state index in [1.807, 2.05) is 0 Å². The second-order valence-corrected chi connectivity index (χ2v) is 4.77. The summed E-state index contributed by atoms with van der Waals surface area (Å²) in [4.78, 5) is 20.6. The maximum atomic E-state index is 10.6. The first-order valence-corrected chi connectivity index (χ1v) is 6.58. The Labute approximate surface area is 106 Å². The number of esters is 2. The lowest BCUT2D eigenvalue weighted by atomic mass is 10.4. The van der Waals surface area contributed by atoms with E-state index in [4.69, 9.17) is 5.11 Å². The van der Waals surface area contributed by atoms with Gasteiger partial charge in [-0.2, -0.15) is 8.42 Å². The van der Waals surface area contributed by atoms with Gasteiger partial charge in [-0.1, -0.05) is 0 Å². The van der Waals surface area contributed by atoms with Crippen molar-refractivity contribution < 1.29 is 36.8 Å².